The molecule has 1 aliphatic carbocycles. The lowest BCUT2D eigenvalue weighted by Gasteiger charge is -2.23. The SMILES string of the molecule is O=C(O)c1cc(F)c(F)cc1C(=O)NC1CCCCC1. The van der Waals surface area contributed by atoms with Gasteiger partial charge in [-0.1, -0.05) is 19.3 Å². The fraction of sp³-hybridized carbons (Fsp3) is 0.429. The molecule has 0 unspecified atom stereocenters. The molecule has 4 nitrogen and oxygen atoms in total. The third-order valence-electron chi connectivity index (χ3n) is 3.48. The number of benzene rings is 1. The monoisotopic (exact) mass is 283 g/mol. The van der Waals surface area contributed by atoms with Crippen LogP contribution in [-0.2, 0) is 0 Å². The van der Waals surface area contributed by atoms with Gasteiger partial charge in [-0.3, -0.25) is 4.79 Å². The van der Waals surface area contributed by atoms with Crippen LogP contribution in [0.25, 0.3) is 0 Å². The summed E-state index contributed by atoms with van der Waals surface area (Å²) >= 11 is 0. The molecule has 1 fully saturated rings. The molecule has 0 aliphatic heterocycles. The number of aromatic carboxylic acids is 1. The Kier molecular flexibility index (Phi) is 4.32. The largest absolute Gasteiger partial charge is 0.478 e. The fourth-order valence-corrected chi connectivity index (χ4v) is 2.42. The summed E-state index contributed by atoms with van der Waals surface area (Å²) in [6.45, 7) is 0. The van der Waals surface area contributed by atoms with E-state index in [9.17, 15) is 18.4 Å². The van der Waals surface area contributed by atoms with Gasteiger partial charge in [0.1, 0.15) is 0 Å². The van der Waals surface area contributed by atoms with Crippen molar-refractivity contribution in [3.8, 4) is 0 Å². The van der Waals surface area contributed by atoms with E-state index in [2.05, 4.69) is 5.32 Å². The Morgan fingerprint density at radius 3 is 2.15 bits per heavy atom. The number of halogens is 2. The number of hydrogen-bond donors (Lipinski definition) is 2. The van der Waals surface area contributed by atoms with Crippen molar-refractivity contribution in [1.82, 2.24) is 5.32 Å². The number of nitrogens with one attached hydrogen (secondary N) is 1. The molecule has 2 rings (SSSR count). The highest BCUT2D eigenvalue weighted by Crippen LogP contribution is 2.20. The zero-order valence-corrected chi connectivity index (χ0v) is 10.8. The van der Waals surface area contributed by atoms with Crippen LogP contribution < -0.4 is 5.32 Å². The van der Waals surface area contributed by atoms with Gasteiger partial charge >= 0.3 is 5.97 Å². The van der Waals surface area contributed by atoms with Gasteiger partial charge in [-0.05, 0) is 25.0 Å². The summed E-state index contributed by atoms with van der Waals surface area (Å²) in [5.74, 6) is -4.65. The third kappa shape index (κ3) is 3.12. The second kappa shape index (κ2) is 5.98. The molecule has 20 heavy (non-hydrogen) atoms. The Balaban J connectivity index is 2.23. The first-order chi connectivity index (χ1) is 9.49. The summed E-state index contributed by atoms with van der Waals surface area (Å²) in [6, 6.07) is 1.13. The topological polar surface area (TPSA) is 66.4 Å². The van der Waals surface area contributed by atoms with Crippen molar-refractivity contribution in [3.05, 3.63) is 34.9 Å². The lowest BCUT2D eigenvalue weighted by atomic mass is 9.95. The van der Waals surface area contributed by atoms with E-state index in [1.165, 1.54) is 0 Å². The summed E-state index contributed by atoms with van der Waals surface area (Å²) in [4.78, 5) is 23.1. The standard InChI is InChI=1S/C14H15F2NO3/c15-11-6-9(10(14(19)20)7-12(11)16)13(18)17-8-4-2-1-3-5-8/h6-8H,1-5H2,(H,17,18)(H,19,20). The minimum absolute atomic E-state index is 0.0361. The minimum atomic E-state index is -1.46. The number of carbonyl (C=O) groups is 2. The van der Waals surface area contributed by atoms with Crippen molar-refractivity contribution in [2.45, 2.75) is 38.1 Å². The highest BCUT2D eigenvalue weighted by Gasteiger charge is 2.23. The van der Waals surface area contributed by atoms with E-state index in [0.717, 1.165) is 32.1 Å². The molecule has 0 heterocycles. The molecule has 1 aromatic carbocycles. The molecule has 0 bridgehead atoms. The summed E-state index contributed by atoms with van der Waals surface area (Å²) in [5.41, 5.74) is -0.876. The van der Waals surface area contributed by atoms with Crippen molar-refractivity contribution in [3.63, 3.8) is 0 Å². The zero-order valence-electron chi connectivity index (χ0n) is 10.8. The molecule has 2 N–H and O–H groups in total. The van der Waals surface area contributed by atoms with Crippen LogP contribution in [0, 0.1) is 11.6 Å². The summed E-state index contributed by atoms with van der Waals surface area (Å²) < 4.78 is 26.3. The molecule has 0 atom stereocenters. The quantitative estimate of drug-likeness (QED) is 0.896. The van der Waals surface area contributed by atoms with Gasteiger partial charge < -0.3 is 10.4 Å². The van der Waals surface area contributed by atoms with E-state index in [1.54, 1.807) is 0 Å². The highest BCUT2D eigenvalue weighted by atomic mass is 19.2. The lowest BCUT2D eigenvalue weighted by molar-refractivity contribution is 0.0689. The van der Waals surface area contributed by atoms with E-state index in [0.29, 0.717) is 12.1 Å². The molecular weight excluding hydrogens is 268 g/mol. The molecule has 1 aromatic rings. The summed E-state index contributed by atoms with van der Waals surface area (Å²) in [7, 11) is 0. The van der Waals surface area contributed by atoms with E-state index in [-0.39, 0.29) is 11.6 Å². The minimum Gasteiger partial charge on any atom is -0.478 e. The van der Waals surface area contributed by atoms with Gasteiger partial charge in [0.2, 0.25) is 0 Å². The predicted octanol–water partition coefficient (Wildman–Crippen LogP) is 2.73. The number of amides is 1. The van der Waals surface area contributed by atoms with Crippen molar-refractivity contribution in [2.24, 2.45) is 0 Å². The molecule has 108 valence electrons. The van der Waals surface area contributed by atoms with Gasteiger partial charge in [0.05, 0.1) is 11.1 Å². The van der Waals surface area contributed by atoms with E-state index in [1.807, 2.05) is 0 Å². The Labute approximate surface area is 114 Å². The van der Waals surface area contributed by atoms with Crippen LogP contribution in [0.2, 0.25) is 0 Å². The number of carboxylic acid groups (broad SMARTS) is 1. The van der Waals surface area contributed by atoms with Gasteiger partial charge in [0.25, 0.3) is 5.91 Å². The first-order valence-electron chi connectivity index (χ1n) is 6.52. The normalized spacial score (nSPS) is 15.9. The van der Waals surface area contributed by atoms with E-state index >= 15 is 0 Å². The second-order valence-electron chi connectivity index (χ2n) is 4.93. The lowest BCUT2D eigenvalue weighted by Crippen LogP contribution is -2.37. The Bertz CT molecular complexity index is 539. The predicted molar refractivity (Wildman–Crippen MR) is 67.7 cm³/mol. The van der Waals surface area contributed by atoms with Crippen LogP contribution in [0.15, 0.2) is 12.1 Å². The van der Waals surface area contributed by atoms with Crippen molar-refractivity contribution >= 4 is 11.9 Å². The molecular formula is C14H15F2NO3. The zero-order chi connectivity index (χ0) is 14.7. The number of carboxylic acids is 1. The van der Waals surface area contributed by atoms with Crippen LogP contribution in [0.5, 0.6) is 0 Å². The average Bonchev–Trinajstić information content (AvgIpc) is 2.42. The van der Waals surface area contributed by atoms with Gasteiger partial charge in [-0.2, -0.15) is 0 Å². The van der Waals surface area contributed by atoms with Gasteiger partial charge in [-0.25, -0.2) is 13.6 Å². The first kappa shape index (κ1) is 14.4. The van der Waals surface area contributed by atoms with Crippen LogP contribution in [-0.4, -0.2) is 23.0 Å². The van der Waals surface area contributed by atoms with Gasteiger partial charge in [0, 0.05) is 6.04 Å². The van der Waals surface area contributed by atoms with Gasteiger partial charge in [-0.15, -0.1) is 0 Å². The number of carbonyl (C=O) groups excluding carboxylic acids is 1. The smallest absolute Gasteiger partial charge is 0.336 e. The highest BCUT2D eigenvalue weighted by molar-refractivity contribution is 6.04. The maximum Gasteiger partial charge on any atom is 0.336 e. The third-order valence-corrected chi connectivity index (χ3v) is 3.48. The molecule has 0 aromatic heterocycles. The fourth-order valence-electron chi connectivity index (χ4n) is 2.42. The van der Waals surface area contributed by atoms with Crippen LogP contribution in [0.1, 0.15) is 52.8 Å². The Morgan fingerprint density at radius 2 is 1.60 bits per heavy atom. The number of hydrogen-bond acceptors (Lipinski definition) is 2. The molecule has 6 heteroatoms. The molecule has 1 aliphatic rings. The van der Waals surface area contributed by atoms with Crippen molar-refractivity contribution in [1.29, 1.82) is 0 Å². The first-order valence-corrected chi connectivity index (χ1v) is 6.52. The molecule has 0 spiro atoms. The van der Waals surface area contributed by atoms with Crippen LogP contribution in [0.3, 0.4) is 0 Å². The summed E-state index contributed by atoms with van der Waals surface area (Å²) in [5, 5.41) is 11.7. The van der Waals surface area contributed by atoms with Crippen molar-refractivity contribution in [2.75, 3.05) is 0 Å². The molecule has 0 saturated heterocycles. The average molecular weight is 283 g/mol. The Morgan fingerprint density at radius 1 is 1.05 bits per heavy atom. The molecule has 1 saturated carbocycles. The maximum atomic E-state index is 13.2. The van der Waals surface area contributed by atoms with Crippen LogP contribution >= 0.6 is 0 Å². The molecule has 1 amide bonds. The molecule has 0 radical (unpaired) electrons. The van der Waals surface area contributed by atoms with Crippen molar-refractivity contribution < 1.29 is 23.5 Å². The number of rotatable bonds is 3. The maximum absolute atomic E-state index is 13.2. The Hall–Kier alpha value is -1.98. The van der Waals surface area contributed by atoms with E-state index in [4.69, 9.17) is 5.11 Å². The van der Waals surface area contributed by atoms with E-state index < -0.39 is 29.1 Å². The summed E-state index contributed by atoms with van der Waals surface area (Å²) in [6.07, 6.45) is 4.73. The van der Waals surface area contributed by atoms with Gasteiger partial charge in [0.15, 0.2) is 11.6 Å². The second-order valence-corrected chi connectivity index (χ2v) is 4.93. The van der Waals surface area contributed by atoms with Crippen LogP contribution in [0.4, 0.5) is 8.78 Å².